The van der Waals surface area contributed by atoms with Crippen LogP contribution in [0, 0.1) is 5.82 Å². The Hall–Kier alpha value is -1.82. The third-order valence-electron chi connectivity index (χ3n) is 2.44. The molecule has 0 fully saturated rings. The third kappa shape index (κ3) is 6.44. The first-order chi connectivity index (χ1) is 9.71. The highest BCUT2D eigenvalue weighted by Gasteiger charge is 2.17. The van der Waals surface area contributed by atoms with Crippen LogP contribution in [0.2, 0.25) is 0 Å². The lowest BCUT2D eigenvalue weighted by Crippen LogP contribution is -2.28. The lowest BCUT2D eigenvalue weighted by molar-refractivity contribution is 0.0636. The van der Waals surface area contributed by atoms with Crippen LogP contribution in [0.5, 0.6) is 0 Å². The van der Waals surface area contributed by atoms with Crippen LogP contribution >= 0.6 is 0 Å². The van der Waals surface area contributed by atoms with E-state index in [9.17, 15) is 9.18 Å². The van der Waals surface area contributed by atoms with Crippen LogP contribution in [0.25, 0.3) is 0 Å². The molecule has 0 aliphatic heterocycles. The maximum Gasteiger partial charge on any atom is 0.412 e. The van der Waals surface area contributed by atoms with Crippen molar-refractivity contribution >= 4 is 17.5 Å². The first kappa shape index (κ1) is 17.2. The number of benzene rings is 1. The lowest BCUT2D eigenvalue weighted by atomic mass is 10.2. The van der Waals surface area contributed by atoms with E-state index in [0.29, 0.717) is 18.0 Å². The molecule has 0 aliphatic carbocycles. The smallest absolute Gasteiger partial charge is 0.412 e. The molecule has 1 aromatic carbocycles. The zero-order valence-electron chi connectivity index (χ0n) is 13.1. The summed E-state index contributed by atoms with van der Waals surface area (Å²) in [4.78, 5) is 11.8. The van der Waals surface area contributed by atoms with Crippen molar-refractivity contribution in [2.75, 3.05) is 24.4 Å². The van der Waals surface area contributed by atoms with Crippen molar-refractivity contribution in [3.8, 4) is 0 Å². The number of anilines is 2. The summed E-state index contributed by atoms with van der Waals surface area (Å²) in [5, 5.41) is 5.70. The first-order valence-electron chi connectivity index (χ1n) is 6.76. The van der Waals surface area contributed by atoms with Crippen LogP contribution in [0.4, 0.5) is 20.6 Å². The van der Waals surface area contributed by atoms with Gasteiger partial charge in [-0.2, -0.15) is 0 Å². The number of rotatable bonds is 5. The summed E-state index contributed by atoms with van der Waals surface area (Å²) in [5.41, 5.74) is 0.333. The normalized spacial score (nSPS) is 12.7. The van der Waals surface area contributed by atoms with Crippen molar-refractivity contribution in [2.45, 2.75) is 39.3 Å². The number of amides is 1. The molecule has 1 rings (SSSR count). The summed E-state index contributed by atoms with van der Waals surface area (Å²) in [6, 6.07) is 4.05. The molecule has 0 radical (unpaired) electrons. The van der Waals surface area contributed by atoms with E-state index in [1.165, 1.54) is 18.2 Å². The minimum atomic E-state index is -0.596. The summed E-state index contributed by atoms with van der Waals surface area (Å²) in [6.07, 6.45) is -0.587. The highest BCUT2D eigenvalue weighted by molar-refractivity contribution is 5.89. The number of hydrogen-bond donors (Lipinski definition) is 2. The van der Waals surface area contributed by atoms with Crippen molar-refractivity contribution in [2.24, 2.45) is 0 Å². The highest BCUT2D eigenvalue weighted by atomic mass is 19.1. The van der Waals surface area contributed by atoms with Crippen molar-refractivity contribution in [1.29, 1.82) is 0 Å². The molecule has 0 saturated heterocycles. The van der Waals surface area contributed by atoms with Gasteiger partial charge in [-0.15, -0.1) is 0 Å². The van der Waals surface area contributed by atoms with Gasteiger partial charge in [0, 0.05) is 13.2 Å². The minimum Gasteiger partial charge on any atom is -0.444 e. The average molecular weight is 298 g/mol. The molecule has 0 bridgehead atoms. The summed E-state index contributed by atoms with van der Waals surface area (Å²) in [5.74, 6) is -0.392. The predicted molar refractivity (Wildman–Crippen MR) is 81.2 cm³/mol. The van der Waals surface area contributed by atoms with Gasteiger partial charge in [-0.05, 0) is 45.9 Å². The van der Waals surface area contributed by atoms with Gasteiger partial charge in [0.1, 0.15) is 11.4 Å². The molecule has 1 amide bonds. The highest BCUT2D eigenvalue weighted by Crippen LogP contribution is 2.24. The number of carbonyl (C=O) groups excluding carboxylic acids is 1. The molecule has 118 valence electrons. The van der Waals surface area contributed by atoms with Gasteiger partial charge >= 0.3 is 6.09 Å². The maximum atomic E-state index is 13.4. The summed E-state index contributed by atoms with van der Waals surface area (Å²) < 4.78 is 23.6. The van der Waals surface area contributed by atoms with Crippen molar-refractivity contribution in [3.05, 3.63) is 24.0 Å². The molecule has 2 N–H and O–H groups in total. The minimum absolute atomic E-state index is 0.0315. The molecule has 1 atom stereocenters. The number of halogens is 1. The number of ether oxygens (including phenoxy) is 2. The molecule has 0 saturated carbocycles. The van der Waals surface area contributed by atoms with Crippen LogP contribution in [-0.2, 0) is 9.47 Å². The Labute approximate surface area is 124 Å². The summed E-state index contributed by atoms with van der Waals surface area (Å²) in [7, 11) is 1.59. The largest absolute Gasteiger partial charge is 0.444 e. The number of nitrogens with one attached hydrogen (secondary N) is 2. The Morgan fingerprint density at radius 2 is 2.00 bits per heavy atom. The molecule has 5 nitrogen and oxygen atoms in total. The Balaban J connectivity index is 2.84. The molecular formula is C15H23FN2O3. The van der Waals surface area contributed by atoms with Gasteiger partial charge in [-0.1, -0.05) is 0 Å². The van der Waals surface area contributed by atoms with E-state index in [1.807, 2.05) is 6.92 Å². The Morgan fingerprint density at radius 1 is 1.33 bits per heavy atom. The quantitative estimate of drug-likeness (QED) is 0.871. The third-order valence-corrected chi connectivity index (χ3v) is 2.44. The SMILES string of the molecule is COCC(C)Nc1cc(F)ccc1NC(=O)OC(C)(C)C. The Kier molecular flexibility index (Phi) is 5.96. The van der Waals surface area contributed by atoms with E-state index in [-0.39, 0.29) is 6.04 Å². The van der Waals surface area contributed by atoms with E-state index in [2.05, 4.69) is 10.6 Å². The van der Waals surface area contributed by atoms with Crippen LogP contribution in [-0.4, -0.2) is 31.5 Å². The van der Waals surface area contributed by atoms with Gasteiger partial charge in [-0.25, -0.2) is 9.18 Å². The molecular weight excluding hydrogens is 275 g/mol. The maximum absolute atomic E-state index is 13.4. The van der Waals surface area contributed by atoms with Crippen molar-refractivity contribution in [1.82, 2.24) is 0 Å². The molecule has 21 heavy (non-hydrogen) atoms. The van der Waals surface area contributed by atoms with Crippen LogP contribution in [0.15, 0.2) is 18.2 Å². The number of hydrogen-bond acceptors (Lipinski definition) is 4. The molecule has 1 unspecified atom stereocenters. The zero-order chi connectivity index (χ0) is 16.0. The summed E-state index contributed by atoms with van der Waals surface area (Å²) >= 11 is 0. The van der Waals surface area contributed by atoms with Gasteiger partial charge in [-0.3, -0.25) is 5.32 Å². The van der Waals surface area contributed by atoms with Gasteiger partial charge in [0.05, 0.1) is 18.0 Å². The van der Waals surface area contributed by atoms with Crippen LogP contribution in [0.1, 0.15) is 27.7 Å². The fraction of sp³-hybridized carbons (Fsp3) is 0.533. The summed E-state index contributed by atoms with van der Waals surface area (Å²) in [6.45, 7) is 7.68. The standard InChI is InChI=1S/C15H23FN2O3/c1-10(9-20-5)17-13-8-11(16)6-7-12(13)18-14(19)21-15(2,3)4/h6-8,10,17H,9H2,1-5H3,(H,18,19). The molecule has 0 spiro atoms. The second-order valence-corrected chi connectivity index (χ2v) is 5.82. The second-order valence-electron chi connectivity index (χ2n) is 5.82. The molecule has 0 aromatic heterocycles. The lowest BCUT2D eigenvalue weighted by Gasteiger charge is -2.21. The van der Waals surface area contributed by atoms with Crippen molar-refractivity contribution in [3.63, 3.8) is 0 Å². The number of carbonyl (C=O) groups is 1. The average Bonchev–Trinajstić information content (AvgIpc) is 2.30. The fourth-order valence-corrected chi connectivity index (χ4v) is 1.72. The van der Waals surface area contributed by atoms with Crippen LogP contribution in [0.3, 0.4) is 0 Å². The van der Waals surface area contributed by atoms with Crippen molar-refractivity contribution < 1.29 is 18.7 Å². The fourth-order valence-electron chi connectivity index (χ4n) is 1.72. The van der Waals surface area contributed by atoms with E-state index in [0.717, 1.165) is 0 Å². The van der Waals surface area contributed by atoms with E-state index >= 15 is 0 Å². The molecule has 0 aliphatic rings. The van der Waals surface area contributed by atoms with E-state index in [1.54, 1.807) is 27.9 Å². The monoisotopic (exact) mass is 298 g/mol. The predicted octanol–water partition coefficient (Wildman–Crippen LogP) is 3.62. The Bertz CT molecular complexity index is 486. The molecule has 1 aromatic rings. The van der Waals surface area contributed by atoms with Gasteiger partial charge < -0.3 is 14.8 Å². The topological polar surface area (TPSA) is 59.6 Å². The van der Waals surface area contributed by atoms with Crippen LogP contribution < -0.4 is 10.6 Å². The van der Waals surface area contributed by atoms with Gasteiger partial charge in [0.2, 0.25) is 0 Å². The molecule has 0 heterocycles. The van der Waals surface area contributed by atoms with E-state index in [4.69, 9.17) is 9.47 Å². The molecule has 6 heteroatoms. The second kappa shape index (κ2) is 7.26. The number of methoxy groups -OCH3 is 1. The Morgan fingerprint density at radius 3 is 2.57 bits per heavy atom. The zero-order valence-corrected chi connectivity index (χ0v) is 13.1. The van der Waals surface area contributed by atoms with Gasteiger partial charge in [0.25, 0.3) is 0 Å². The van der Waals surface area contributed by atoms with E-state index < -0.39 is 17.5 Å². The first-order valence-corrected chi connectivity index (χ1v) is 6.76. The van der Waals surface area contributed by atoms with Gasteiger partial charge in [0.15, 0.2) is 0 Å².